The summed E-state index contributed by atoms with van der Waals surface area (Å²) in [5.74, 6) is 1.87. The molecule has 14 nitrogen and oxygen atoms in total. The standard InChI is InChI=1S/C20H25N9O.2CH2O2/c1-12-9-27(10-13(2)23-12)17-4-6-21-18-16(17)5-7-28(18)20(30)25-15-8-22-19-24-14(3)26-29(19)11-15;2*2-1-3/h4,6,8,11-13,23H,5,7,9-10H2,1-3H3,(H,25,30);2*1H,(H,2,3)/t12-,13+;;. The van der Waals surface area contributed by atoms with Gasteiger partial charge in [-0.05, 0) is 33.3 Å². The van der Waals surface area contributed by atoms with Crippen LogP contribution in [0.1, 0.15) is 25.2 Å². The van der Waals surface area contributed by atoms with Crippen molar-refractivity contribution in [2.75, 3.05) is 34.8 Å². The summed E-state index contributed by atoms with van der Waals surface area (Å²) in [6.07, 6.45) is 5.89. The first-order valence-corrected chi connectivity index (χ1v) is 11.2. The molecule has 1 fully saturated rings. The minimum Gasteiger partial charge on any atom is -0.483 e. The third-order valence-corrected chi connectivity index (χ3v) is 5.54. The SMILES string of the molecule is Cc1nc2ncc(NC(=O)N3CCc4c(N5C[C@@H](C)N[C@@H](C)C5)ccnc43)cn2n1.O=CO.O=CO. The zero-order valence-corrected chi connectivity index (χ0v) is 20.2. The fourth-order valence-electron chi connectivity index (χ4n) is 4.43. The Morgan fingerprint density at radius 1 is 1.17 bits per heavy atom. The number of aryl methyl sites for hydroxylation is 1. The molecule has 14 heteroatoms. The number of hydrogen-bond acceptors (Lipinski definition) is 9. The number of carbonyl (C=O) groups is 3. The van der Waals surface area contributed by atoms with E-state index in [1.807, 2.05) is 0 Å². The van der Waals surface area contributed by atoms with Gasteiger partial charge in [0.05, 0.1) is 18.1 Å². The number of aromatic nitrogens is 5. The topological polar surface area (TPSA) is 178 Å². The van der Waals surface area contributed by atoms with Crippen LogP contribution in [0.2, 0.25) is 0 Å². The maximum atomic E-state index is 13.0. The van der Waals surface area contributed by atoms with Crippen LogP contribution in [0.25, 0.3) is 5.78 Å². The van der Waals surface area contributed by atoms with Crippen molar-refractivity contribution in [3.63, 3.8) is 0 Å². The molecular formula is C22H29N9O5. The van der Waals surface area contributed by atoms with Crippen LogP contribution in [-0.2, 0) is 16.0 Å². The van der Waals surface area contributed by atoms with Crippen LogP contribution in [-0.4, -0.2) is 85.5 Å². The summed E-state index contributed by atoms with van der Waals surface area (Å²) in [5, 5.41) is 24.5. The normalized spacial score (nSPS) is 18.3. The van der Waals surface area contributed by atoms with Crippen molar-refractivity contribution < 1.29 is 24.6 Å². The van der Waals surface area contributed by atoms with E-state index in [0.717, 1.165) is 30.9 Å². The molecule has 0 aliphatic carbocycles. The van der Waals surface area contributed by atoms with E-state index >= 15 is 0 Å². The van der Waals surface area contributed by atoms with Gasteiger partial charge in [-0.25, -0.2) is 19.3 Å². The van der Waals surface area contributed by atoms with Gasteiger partial charge in [-0.15, -0.1) is 0 Å². The molecule has 0 spiro atoms. The lowest BCUT2D eigenvalue weighted by Crippen LogP contribution is -2.54. The van der Waals surface area contributed by atoms with Gasteiger partial charge in [0.2, 0.25) is 0 Å². The Morgan fingerprint density at radius 2 is 1.83 bits per heavy atom. The Balaban J connectivity index is 0.000000550. The second-order valence-electron chi connectivity index (χ2n) is 8.29. The third-order valence-electron chi connectivity index (χ3n) is 5.54. The number of urea groups is 1. The van der Waals surface area contributed by atoms with Gasteiger partial charge in [0, 0.05) is 49.2 Å². The van der Waals surface area contributed by atoms with Crippen LogP contribution < -0.4 is 20.4 Å². The lowest BCUT2D eigenvalue weighted by atomic mass is 10.1. The van der Waals surface area contributed by atoms with E-state index in [0.29, 0.717) is 35.9 Å². The summed E-state index contributed by atoms with van der Waals surface area (Å²) in [6.45, 7) is 8.18. The number of nitrogens with one attached hydrogen (secondary N) is 2. The van der Waals surface area contributed by atoms with Gasteiger partial charge in [0.15, 0.2) is 0 Å². The van der Waals surface area contributed by atoms with Crippen LogP contribution in [0, 0.1) is 6.92 Å². The number of nitrogens with zero attached hydrogens (tertiary/aromatic N) is 7. The fourth-order valence-corrected chi connectivity index (χ4v) is 4.43. The second kappa shape index (κ2) is 11.9. The highest BCUT2D eigenvalue weighted by Crippen LogP contribution is 2.34. The van der Waals surface area contributed by atoms with Crippen LogP contribution in [0.3, 0.4) is 0 Å². The molecule has 4 N–H and O–H groups in total. The largest absolute Gasteiger partial charge is 0.483 e. The molecule has 192 valence electrons. The number of anilines is 3. The molecule has 2 amide bonds. The van der Waals surface area contributed by atoms with Gasteiger partial charge < -0.3 is 25.7 Å². The summed E-state index contributed by atoms with van der Waals surface area (Å²) in [7, 11) is 0. The molecule has 2 aliphatic heterocycles. The first kappa shape index (κ1) is 26.3. The minimum absolute atomic E-state index is 0.224. The van der Waals surface area contributed by atoms with Gasteiger partial charge in [-0.2, -0.15) is 10.1 Å². The van der Waals surface area contributed by atoms with Crippen molar-refractivity contribution in [2.45, 2.75) is 39.3 Å². The molecule has 1 saturated heterocycles. The van der Waals surface area contributed by atoms with E-state index in [1.54, 1.807) is 34.9 Å². The van der Waals surface area contributed by atoms with Crippen LogP contribution in [0.15, 0.2) is 24.7 Å². The van der Waals surface area contributed by atoms with Crippen molar-refractivity contribution in [2.24, 2.45) is 0 Å². The average molecular weight is 500 g/mol. The zero-order chi connectivity index (χ0) is 26.2. The number of fused-ring (bicyclic) bond motifs is 2. The quantitative estimate of drug-likeness (QED) is 0.370. The van der Waals surface area contributed by atoms with Gasteiger partial charge in [-0.3, -0.25) is 14.5 Å². The van der Waals surface area contributed by atoms with Crippen molar-refractivity contribution in [3.05, 3.63) is 36.0 Å². The van der Waals surface area contributed by atoms with E-state index in [-0.39, 0.29) is 19.0 Å². The summed E-state index contributed by atoms with van der Waals surface area (Å²) in [4.78, 5) is 46.8. The second-order valence-corrected chi connectivity index (χ2v) is 8.29. The first-order valence-electron chi connectivity index (χ1n) is 11.2. The fraction of sp³-hybridized carbons (Fsp3) is 0.409. The molecule has 36 heavy (non-hydrogen) atoms. The number of piperazine rings is 1. The Hall–Kier alpha value is -4.33. The van der Waals surface area contributed by atoms with Crippen molar-refractivity contribution >= 4 is 41.9 Å². The first-order chi connectivity index (χ1) is 17.3. The van der Waals surface area contributed by atoms with Crippen LogP contribution >= 0.6 is 0 Å². The molecule has 0 saturated carbocycles. The van der Waals surface area contributed by atoms with Gasteiger partial charge in [0.1, 0.15) is 11.6 Å². The molecule has 2 atom stereocenters. The van der Waals surface area contributed by atoms with Crippen LogP contribution in [0.4, 0.5) is 22.0 Å². The molecule has 0 bridgehead atoms. The molecule has 5 heterocycles. The van der Waals surface area contributed by atoms with Crippen molar-refractivity contribution in [1.82, 2.24) is 29.9 Å². The van der Waals surface area contributed by atoms with E-state index in [1.165, 1.54) is 5.69 Å². The lowest BCUT2D eigenvalue weighted by Gasteiger charge is -2.38. The smallest absolute Gasteiger partial charge is 0.327 e. The summed E-state index contributed by atoms with van der Waals surface area (Å²) < 4.78 is 1.56. The zero-order valence-electron chi connectivity index (χ0n) is 20.2. The Bertz CT molecular complexity index is 1200. The van der Waals surface area contributed by atoms with Gasteiger partial charge in [-0.1, -0.05) is 0 Å². The molecular weight excluding hydrogens is 470 g/mol. The molecule has 2 aliphatic rings. The van der Waals surface area contributed by atoms with Crippen molar-refractivity contribution in [3.8, 4) is 0 Å². The number of hydrogen-bond donors (Lipinski definition) is 4. The average Bonchev–Trinajstić information content (AvgIpc) is 3.41. The Labute approximate surface area is 207 Å². The molecule has 0 radical (unpaired) electrons. The highest BCUT2D eigenvalue weighted by atomic mass is 16.3. The number of amides is 2. The molecule has 0 unspecified atom stereocenters. The van der Waals surface area contributed by atoms with E-state index < -0.39 is 0 Å². The number of carbonyl (C=O) groups excluding carboxylic acids is 1. The monoisotopic (exact) mass is 499 g/mol. The van der Waals surface area contributed by atoms with Gasteiger partial charge >= 0.3 is 6.03 Å². The maximum Gasteiger partial charge on any atom is 0.327 e. The number of carboxylic acid groups (broad SMARTS) is 2. The minimum atomic E-state index is -0.250. The lowest BCUT2D eigenvalue weighted by molar-refractivity contribution is -0.123. The predicted molar refractivity (Wildman–Crippen MR) is 131 cm³/mol. The number of pyridine rings is 1. The molecule has 5 rings (SSSR count). The van der Waals surface area contributed by atoms with Crippen molar-refractivity contribution in [1.29, 1.82) is 0 Å². The molecule has 3 aromatic heterocycles. The Kier molecular flexibility index (Phi) is 8.67. The predicted octanol–water partition coefficient (Wildman–Crippen LogP) is 1.01. The number of rotatable bonds is 2. The summed E-state index contributed by atoms with van der Waals surface area (Å²) in [5.41, 5.74) is 2.87. The maximum absolute atomic E-state index is 13.0. The summed E-state index contributed by atoms with van der Waals surface area (Å²) in [6, 6.07) is 2.68. The van der Waals surface area contributed by atoms with E-state index in [9.17, 15) is 4.79 Å². The highest BCUT2D eigenvalue weighted by molar-refractivity contribution is 6.02. The van der Waals surface area contributed by atoms with Crippen LogP contribution in [0.5, 0.6) is 0 Å². The van der Waals surface area contributed by atoms with E-state index in [2.05, 4.69) is 55.5 Å². The highest BCUT2D eigenvalue weighted by Gasteiger charge is 2.31. The third kappa shape index (κ3) is 6.02. The van der Waals surface area contributed by atoms with E-state index in [4.69, 9.17) is 19.8 Å². The van der Waals surface area contributed by atoms with Gasteiger partial charge in [0.25, 0.3) is 18.7 Å². The molecule has 0 aromatic carbocycles. The Morgan fingerprint density at radius 3 is 2.50 bits per heavy atom. The summed E-state index contributed by atoms with van der Waals surface area (Å²) >= 11 is 0. The molecule has 3 aromatic rings.